The molecule has 4 heteroatoms. The smallest absolute Gasteiger partial charge is 0.240 e. The molecule has 4 nitrogen and oxygen atoms in total. The molecule has 0 saturated heterocycles. The van der Waals surface area contributed by atoms with Crippen LogP contribution in [0.15, 0.2) is 24.3 Å². The summed E-state index contributed by atoms with van der Waals surface area (Å²) in [5, 5.41) is 8.73. The number of rotatable bonds is 3. The topological polar surface area (TPSA) is 70.1 Å². The van der Waals surface area contributed by atoms with Crippen molar-refractivity contribution in [2.75, 3.05) is 7.05 Å². The monoisotopic (exact) mass is 259 g/mol. The zero-order valence-corrected chi connectivity index (χ0v) is 12.0. The molecular weight excluding hydrogens is 238 g/mol. The quantitative estimate of drug-likeness (QED) is 0.901. The summed E-state index contributed by atoms with van der Waals surface area (Å²) in [6.07, 6.45) is 0. The molecule has 0 aliphatic carbocycles. The summed E-state index contributed by atoms with van der Waals surface area (Å²) in [4.78, 5) is 13.8. The summed E-state index contributed by atoms with van der Waals surface area (Å²) in [6, 6.07) is 8.75. The Morgan fingerprint density at radius 3 is 2.32 bits per heavy atom. The van der Waals surface area contributed by atoms with Crippen LogP contribution in [0.1, 0.15) is 31.9 Å². The van der Waals surface area contributed by atoms with E-state index in [4.69, 9.17) is 11.0 Å². The van der Waals surface area contributed by atoms with Crippen LogP contribution < -0.4 is 5.73 Å². The molecule has 1 unspecified atom stereocenters. The van der Waals surface area contributed by atoms with E-state index in [2.05, 4.69) is 6.07 Å². The molecule has 0 heterocycles. The van der Waals surface area contributed by atoms with Crippen molar-refractivity contribution in [2.45, 2.75) is 33.4 Å². The van der Waals surface area contributed by atoms with Crippen molar-refractivity contribution in [3.8, 4) is 6.07 Å². The molecular formula is C15H21N3O. The number of amides is 1. The van der Waals surface area contributed by atoms with Crippen LogP contribution in [0.2, 0.25) is 0 Å². The average molecular weight is 259 g/mol. The van der Waals surface area contributed by atoms with Crippen molar-refractivity contribution in [3.63, 3.8) is 0 Å². The third-order valence-corrected chi connectivity index (χ3v) is 3.08. The molecule has 0 aromatic heterocycles. The van der Waals surface area contributed by atoms with E-state index >= 15 is 0 Å². The molecule has 0 spiro atoms. The lowest BCUT2D eigenvalue weighted by molar-refractivity contribution is -0.134. The third kappa shape index (κ3) is 4.08. The number of nitrogens with zero attached hydrogens (tertiary/aromatic N) is 2. The molecule has 1 amide bonds. The van der Waals surface area contributed by atoms with Crippen LogP contribution in [0.3, 0.4) is 0 Å². The molecule has 1 aromatic carbocycles. The van der Waals surface area contributed by atoms with Gasteiger partial charge in [-0.3, -0.25) is 4.79 Å². The Labute approximate surface area is 114 Å². The average Bonchev–Trinajstić information content (AvgIpc) is 2.36. The maximum atomic E-state index is 12.2. The highest BCUT2D eigenvalue weighted by atomic mass is 16.2. The fraction of sp³-hybridized carbons (Fsp3) is 0.467. The van der Waals surface area contributed by atoms with Gasteiger partial charge in [0.15, 0.2) is 0 Å². The molecule has 0 saturated carbocycles. The lowest BCUT2D eigenvalue weighted by Gasteiger charge is -2.30. The first kappa shape index (κ1) is 15.2. The van der Waals surface area contributed by atoms with Crippen molar-refractivity contribution >= 4 is 5.91 Å². The number of benzene rings is 1. The molecule has 1 atom stereocenters. The Bertz CT molecular complexity index is 480. The van der Waals surface area contributed by atoms with Gasteiger partial charge in [-0.05, 0) is 23.1 Å². The largest absolute Gasteiger partial charge is 0.340 e. The highest BCUT2D eigenvalue weighted by molar-refractivity contribution is 5.82. The van der Waals surface area contributed by atoms with Gasteiger partial charge in [-0.2, -0.15) is 5.26 Å². The molecule has 0 fully saturated rings. The number of hydrogen-bond donors (Lipinski definition) is 1. The number of hydrogen-bond acceptors (Lipinski definition) is 3. The van der Waals surface area contributed by atoms with Crippen LogP contribution in [0.5, 0.6) is 0 Å². The Hall–Kier alpha value is -1.86. The molecule has 1 rings (SSSR count). The van der Waals surface area contributed by atoms with Crippen molar-refractivity contribution < 1.29 is 4.79 Å². The summed E-state index contributed by atoms with van der Waals surface area (Å²) >= 11 is 0. The summed E-state index contributed by atoms with van der Waals surface area (Å²) in [6.45, 7) is 6.34. The van der Waals surface area contributed by atoms with E-state index in [9.17, 15) is 4.79 Å². The SMILES string of the molecule is CN(Cc1ccc(C#N)cc1)C(=O)C(N)C(C)(C)C. The maximum Gasteiger partial charge on any atom is 0.240 e. The fourth-order valence-corrected chi connectivity index (χ4v) is 1.64. The van der Waals surface area contributed by atoms with Crippen LogP contribution in [-0.2, 0) is 11.3 Å². The third-order valence-electron chi connectivity index (χ3n) is 3.08. The number of likely N-dealkylation sites (N-methyl/N-ethyl adjacent to an activating group) is 1. The summed E-state index contributed by atoms with van der Waals surface area (Å²) in [5.41, 5.74) is 7.30. The van der Waals surface area contributed by atoms with Gasteiger partial charge in [0.1, 0.15) is 0 Å². The molecule has 2 N–H and O–H groups in total. The zero-order chi connectivity index (χ0) is 14.6. The number of carbonyl (C=O) groups excluding carboxylic acids is 1. The number of carbonyl (C=O) groups is 1. The van der Waals surface area contributed by atoms with Crippen LogP contribution in [0, 0.1) is 16.7 Å². The minimum atomic E-state index is -0.518. The maximum absolute atomic E-state index is 12.2. The van der Waals surface area contributed by atoms with Gasteiger partial charge in [0.2, 0.25) is 5.91 Å². The van der Waals surface area contributed by atoms with Crippen molar-refractivity contribution in [1.82, 2.24) is 4.90 Å². The van der Waals surface area contributed by atoms with Gasteiger partial charge in [-0.25, -0.2) is 0 Å². The van der Waals surface area contributed by atoms with Gasteiger partial charge in [0, 0.05) is 13.6 Å². The molecule has 0 aliphatic rings. The van der Waals surface area contributed by atoms with Gasteiger partial charge < -0.3 is 10.6 Å². The normalized spacial score (nSPS) is 12.6. The summed E-state index contributed by atoms with van der Waals surface area (Å²) < 4.78 is 0. The predicted molar refractivity (Wildman–Crippen MR) is 75.1 cm³/mol. The summed E-state index contributed by atoms with van der Waals surface area (Å²) in [5.74, 6) is -0.0724. The second-order valence-electron chi connectivity index (χ2n) is 5.85. The van der Waals surface area contributed by atoms with E-state index in [-0.39, 0.29) is 11.3 Å². The molecule has 0 aliphatic heterocycles. The minimum absolute atomic E-state index is 0.0724. The van der Waals surface area contributed by atoms with E-state index < -0.39 is 6.04 Å². The number of nitrogens with two attached hydrogens (primary N) is 1. The Balaban J connectivity index is 2.71. The van der Waals surface area contributed by atoms with Crippen LogP contribution >= 0.6 is 0 Å². The number of nitriles is 1. The Morgan fingerprint density at radius 1 is 1.37 bits per heavy atom. The molecule has 0 radical (unpaired) electrons. The molecule has 19 heavy (non-hydrogen) atoms. The van der Waals surface area contributed by atoms with E-state index in [1.54, 1.807) is 24.1 Å². The van der Waals surface area contributed by atoms with Gasteiger partial charge in [0.05, 0.1) is 17.7 Å². The second-order valence-corrected chi connectivity index (χ2v) is 5.85. The minimum Gasteiger partial charge on any atom is -0.340 e. The van der Waals surface area contributed by atoms with Crippen molar-refractivity contribution in [2.24, 2.45) is 11.1 Å². The first-order valence-electron chi connectivity index (χ1n) is 6.25. The lowest BCUT2D eigenvalue weighted by Crippen LogP contribution is -2.48. The highest BCUT2D eigenvalue weighted by Gasteiger charge is 2.29. The van der Waals surface area contributed by atoms with E-state index in [0.29, 0.717) is 12.1 Å². The molecule has 0 bridgehead atoms. The fourth-order valence-electron chi connectivity index (χ4n) is 1.64. The first-order valence-corrected chi connectivity index (χ1v) is 6.25. The zero-order valence-electron chi connectivity index (χ0n) is 12.0. The van der Waals surface area contributed by atoms with Crippen LogP contribution in [0.25, 0.3) is 0 Å². The van der Waals surface area contributed by atoms with Gasteiger partial charge in [-0.15, -0.1) is 0 Å². The van der Waals surface area contributed by atoms with Crippen LogP contribution in [-0.4, -0.2) is 23.9 Å². The van der Waals surface area contributed by atoms with E-state index in [1.807, 2.05) is 32.9 Å². The predicted octanol–water partition coefficient (Wildman–Crippen LogP) is 1.89. The Morgan fingerprint density at radius 2 is 1.89 bits per heavy atom. The Kier molecular flexibility index (Phi) is 4.68. The lowest BCUT2D eigenvalue weighted by atomic mass is 9.86. The van der Waals surface area contributed by atoms with E-state index in [1.165, 1.54) is 0 Å². The molecule has 1 aromatic rings. The summed E-state index contributed by atoms with van der Waals surface area (Å²) in [7, 11) is 1.74. The molecule has 102 valence electrons. The second kappa shape index (κ2) is 5.85. The van der Waals surface area contributed by atoms with Crippen LogP contribution in [0.4, 0.5) is 0 Å². The van der Waals surface area contributed by atoms with Gasteiger partial charge in [-0.1, -0.05) is 32.9 Å². The van der Waals surface area contributed by atoms with Gasteiger partial charge >= 0.3 is 0 Å². The van der Waals surface area contributed by atoms with Gasteiger partial charge in [0.25, 0.3) is 0 Å². The highest BCUT2D eigenvalue weighted by Crippen LogP contribution is 2.19. The standard InChI is InChI=1S/C15H21N3O/c1-15(2,3)13(17)14(19)18(4)10-12-7-5-11(9-16)6-8-12/h5-8,13H,10,17H2,1-4H3. The van der Waals surface area contributed by atoms with Crippen molar-refractivity contribution in [3.05, 3.63) is 35.4 Å². The van der Waals surface area contributed by atoms with E-state index in [0.717, 1.165) is 5.56 Å². The van der Waals surface area contributed by atoms with Crippen molar-refractivity contribution in [1.29, 1.82) is 5.26 Å². The first-order chi connectivity index (χ1) is 8.75.